The van der Waals surface area contributed by atoms with Gasteiger partial charge in [0.1, 0.15) is 0 Å². The van der Waals surface area contributed by atoms with Crippen LogP contribution in [0.15, 0.2) is 24.3 Å². The van der Waals surface area contributed by atoms with Crippen LogP contribution in [0, 0.1) is 12.3 Å². The molecule has 0 radical (unpaired) electrons. The summed E-state index contributed by atoms with van der Waals surface area (Å²) in [6.07, 6.45) is 5.63. The van der Waals surface area contributed by atoms with Crippen LogP contribution in [0.5, 0.6) is 0 Å². The predicted octanol–water partition coefficient (Wildman–Crippen LogP) is 3.57. The van der Waals surface area contributed by atoms with Gasteiger partial charge in [-0.1, -0.05) is 49.1 Å². The van der Waals surface area contributed by atoms with Gasteiger partial charge in [-0.05, 0) is 31.7 Å². The Morgan fingerprint density at radius 3 is 2.59 bits per heavy atom. The molecule has 0 unspecified atom stereocenters. The van der Waals surface area contributed by atoms with Crippen molar-refractivity contribution in [1.29, 1.82) is 0 Å². The summed E-state index contributed by atoms with van der Waals surface area (Å²) in [6.45, 7) is 2.05. The highest BCUT2D eigenvalue weighted by atomic mass is 16.4. The van der Waals surface area contributed by atoms with Gasteiger partial charge >= 0.3 is 5.97 Å². The third kappa shape index (κ3) is 2.68. The van der Waals surface area contributed by atoms with E-state index in [0.29, 0.717) is 6.42 Å². The van der Waals surface area contributed by atoms with Crippen LogP contribution in [-0.4, -0.2) is 11.1 Å². The molecule has 0 aliphatic heterocycles. The molecule has 1 aromatic rings. The number of carboxylic acids is 1. The monoisotopic (exact) mass is 232 g/mol. The Bertz CT molecular complexity index is 403. The summed E-state index contributed by atoms with van der Waals surface area (Å²) in [5, 5.41) is 9.52. The molecule has 2 nitrogen and oxygen atoms in total. The van der Waals surface area contributed by atoms with Crippen LogP contribution in [0.2, 0.25) is 0 Å². The molecule has 2 heteroatoms. The minimum atomic E-state index is -0.612. The SMILES string of the molecule is Cc1cccc(CC2(C(=O)O)CCCCC2)c1. The molecular weight excluding hydrogens is 212 g/mol. The van der Waals surface area contributed by atoms with E-state index in [1.165, 1.54) is 12.0 Å². The second-order valence-corrected chi connectivity index (χ2v) is 5.31. The first-order valence-corrected chi connectivity index (χ1v) is 6.41. The zero-order valence-corrected chi connectivity index (χ0v) is 10.4. The molecule has 0 aromatic heterocycles. The Kier molecular flexibility index (Phi) is 3.51. The lowest BCUT2D eigenvalue weighted by Gasteiger charge is -2.33. The van der Waals surface area contributed by atoms with Crippen molar-refractivity contribution in [3.63, 3.8) is 0 Å². The zero-order chi connectivity index (χ0) is 12.3. The van der Waals surface area contributed by atoms with E-state index < -0.39 is 11.4 Å². The maximum Gasteiger partial charge on any atom is 0.309 e. The largest absolute Gasteiger partial charge is 0.481 e. The first kappa shape index (κ1) is 12.2. The van der Waals surface area contributed by atoms with Crippen molar-refractivity contribution < 1.29 is 9.90 Å². The molecule has 0 amide bonds. The Morgan fingerprint density at radius 2 is 2.00 bits per heavy atom. The average Bonchev–Trinajstić information content (AvgIpc) is 2.30. The van der Waals surface area contributed by atoms with Crippen molar-refractivity contribution in [3.8, 4) is 0 Å². The number of rotatable bonds is 3. The fourth-order valence-electron chi connectivity index (χ4n) is 2.91. The van der Waals surface area contributed by atoms with Gasteiger partial charge in [-0.2, -0.15) is 0 Å². The Balaban J connectivity index is 2.20. The standard InChI is InChI=1S/C15H20O2/c1-12-6-5-7-13(10-12)11-15(14(16)17)8-3-2-4-9-15/h5-7,10H,2-4,8-9,11H2,1H3,(H,16,17). The quantitative estimate of drug-likeness (QED) is 0.865. The number of hydrogen-bond donors (Lipinski definition) is 1. The molecule has 92 valence electrons. The van der Waals surface area contributed by atoms with Crippen LogP contribution >= 0.6 is 0 Å². The summed E-state index contributed by atoms with van der Waals surface area (Å²) in [4.78, 5) is 11.6. The highest BCUT2D eigenvalue weighted by molar-refractivity contribution is 5.75. The molecule has 1 saturated carbocycles. The maximum atomic E-state index is 11.6. The molecule has 1 aliphatic carbocycles. The molecule has 0 bridgehead atoms. The van der Waals surface area contributed by atoms with Crippen LogP contribution in [0.3, 0.4) is 0 Å². The summed E-state index contributed by atoms with van der Waals surface area (Å²) in [6, 6.07) is 8.23. The van der Waals surface area contributed by atoms with Gasteiger partial charge in [0.25, 0.3) is 0 Å². The van der Waals surface area contributed by atoms with E-state index in [-0.39, 0.29) is 0 Å². The van der Waals surface area contributed by atoms with E-state index in [9.17, 15) is 9.90 Å². The molecule has 1 fully saturated rings. The summed E-state index contributed by atoms with van der Waals surface area (Å²) < 4.78 is 0. The minimum absolute atomic E-state index is 0.508. The van der Waals surface area contributed by atoms with E-state index in [1.54, 1.807) is 0 Å². The number of benzene rings is 1. The first-order valence-electron chi connectivity index (χ1n) is 6.41. The van der Waals surface area contributed by atoms with Gasteiger partial charge < -0.3 is 5.11 Å². The predicted molar refractivity (Wildman–Crippen MR) is 68.0 cm³/mol. The highest BCUT2D eigenvalue weighted by Gasteiger charge is 2.39. The van der Waals surface area contributed by atoms with Crippen molar-refractivity contribution in [1.82, 2.24) is 0 Å². The lowest BCUT2D eigenvalue weighted by Crippen LogP contribution is -2.35. The van der Waals surface area contributed by atoms with E-state index in [1.807, 2.05) is 12.1 Å². The fourth-order valence-corrected chi connectivity index (χ4v) is 2.91. The second-order valence-electron chi connectivity index (χ2n) is 5.31. The molecule has 17 heavy (non-hydrogen) atoms. The lowest BCUT2D eigenvalue weighted by molar-refractivity contribution is -0.151. The minimum Gasteiger partial charge on any atom is -0.481 e. The molecule has 0 atom stereocenters. The maximum absolute atomic E-state index is 11.6. The second kappa shape index (κ2) is 4.91. The van der Waals surface area contributed by atoms with Crippen LogP contribution in [0.4, 0.5) is 0 Å². The lowest BCUT2D eigenvalue weighted by atomic mass is 9.70. The third-order valence-corrected chi connectivity index (χ3v) is 3.89. The van der Waals surface area contributed by atoms with Crippen molar-refractivity contribution in [2.75, 3.05) is 0 Å². The van der Waals surface area contributed by atoms with Gasteiger partial charge in [-0.25, -0.2) is 0 Å². The Labute approximate surface area is 103 Å². The first-order chi connectivity index (χ1) is 8.12. The highest BCUT2D eigenvalue weighted by Crippen LogP contribution is 2.39. The van der Waals surface area contributed by atoms with Gasteiger partial charge in [-0.15, -0.1) is 0 Å². The van der Waals surface area contributed by atoms with Crippen LogP contribution in [0.1, 0.15) is 43.2 Å². The van der Waals surface area contributed by atoms with Gasteiger partial charge in [0.2, 0.25) is 0 Å². The topological polar surface area (TPSA) is 37.3 Å². The van der Waals surface area contributed by atoms with Gasteiger partial charge in [-0.3, -0.25) is 4.79 Å². The van der Waals surface area contributed by atoms with E-state index in [4.69, 9.17) is 0 Å². The summed E-state index contributed by atoms with van der Waals surface area (Å²) in [5.74, 6) is -0.612. The molecule has 1 aliphatic rings. The van der Waals surface area contributed by atoms with Crippen LogP contribution < -0.4 is 0 Å². The van der Waals surface area contributed by atoms with E-state index in [0.717, 1.165) is 31.2 Å². The smallest absolute Gasteiger partial charge is 0.309 e. The van der Waals surface area contributed by atoms with E-state index >= 15 is 0 Å². The van der Waals surface area contributed by atoms with Gasteiger partial charge in [0, 0.05) is 0 Å². The van der Waals surface area contributed by atoms with Crippen LogP contribution in [0.25, 0.3) is 0 Å². The number of aliphatic carboxylic acids is 1. The average molecular weight is 232 g/mol. The van der Waals surface area contributed by atoms with Crippen LogP contribution in [-0.2, 0) is 11.2 Å². The number of carboxylic acid groups (broad SMARTS) is 1. The van der Waals surface area contributed by atoms with Crippen molar-refractivity contribution in [2.24, 2.45) is 5.41 Å². The zero-order valence-electron chi connectivity index (χ0n) is 10.4. The van der Waals surface area contributed by atoms with Crippen molar-refractivity contribution >= 4 is 5.97 Å². The number of hydrogen-bond acceptors (Lipinski definition) is 1. The molecule has 0 heterocycles. The summed E-state index contributed by atoms with van der Waals surface area (Å²) >= 11 is 0. The molecule has 1 N–H and O–H groups in total. The Morgan fingerprint density at radius 1 is 1.29 bits per heavy atom. The molecule has 0 saturated heterocycles. The summed E-state index contributed by atoms with van der Waals surface area (Å²) in [7, 11) is 0. The Hall–Kier alpha value is -1.31. The third-order valence-electron chi connectivity index (χ3n) is 3.89. The molecule has 1 aromatic carbocycles. The number of carbonyl (C=O) groups is 1. The summed E-state index contributed by atoms with van der Waals surface area (Å²) in [5.41, 5.74) is 1.86. The van der Waals surface area contributed by atoms with Crippen molar-refractivity contribution in [3.05, 3.63) is 35.4 Å². The number of aryl methyl sites for hydroxylation is 1. The molecule has 2 rings (SSSR count). The van der Waals surface area contributed by atoms with Gasteiger partial charge in [0.15, 0.2) is 0 Å². The normalized spacial score (nSPS) is 18.9. The molecular formula is C15H20O2. The van der Waals surface area contributed by atoms with Gasteiger partial charge in [0.05, 0.1) is 5.41 Å². The molecule has 0 spiro atoms. The fraction of sp³-hybridized carbons (Fsp3) is 0.533. The van der Waals surface area contributed by atoms with Crippen molar-refractivity contribution in [2.45, 2.75) is 45.4 Å². The van der Waals surface area contributed by atoms with E-state index in [2.05, 4.69) is 19.1 Å².